The smallest absolute Gasteiger partial charge is 0.494 e. The highest BCUT2D eigenvalue weighted by Crippen LogP contribution is 2.55. The van der Waals surface area contributed by atoms with Crippen LogP contribution in [0.25, 0.3) is 0 Å². The van der Waals surface area contributed by atoms with Crippen LogP contribution in [0, 0.1) is 11.8 Å². The zero-order valence-corrected chi connectivity index (χ0v) is 25.9. The van der Waals surface area contributed by atoms with Crippen LogP contribution in [0.15, 0.2) is 60.7 Å². The summed E-state index contributed by atoms with van der Waals surface area (Å²) in [6.07, 6.45) is 17.1. The van der Waals surface area contributed by atoms with E-state index in [1.165, 1.54) is 0 Å². The van der Waals surface area contributed by atoms with Gasteiger partial charge in [0.15, 0.2) is 0 Å². The summed E-state index contributed by atoms with van der Waals surface area (Å²) in [5.41, 5.74) is 1.71. The van der Waals surface area contributed by atoms with Crippen molar-refractivity contribution in [1.29, 1.82) is 0 Å². The quantitative estimate of drug-likeness (QED) is 0.312. The van der Waals surface area contributed by atoms with E-state index >= 15 is 0 Å². The second-order valence-corrected chi connectivity index (χ2v) is 12.9. The van der Waals surface area contributed by atoms with Crippen molar-refractivity contribution in [3.8, 4) is 23.0 Å². The molecule has 0 spiro atoms. The Morgan fingerprint density at radius 2 is 0.756 bits per heavy atom. The molecule has 0 amide bonds. The van der Waals surface area contributed by atoms with Crippen molar-refractivity contribution in [2.24, 2.45) is 11.8 Å². The molecule has 2 aromatic rings. The van der Waals surface area contributed by atoms with E-state index in [1.54, 1.807) is 0 Å². The maximum atomic E-state index is 6.78. The van der Waals surface area contributed by atoms with Crippen LogP contribution in [0.5, 0.6) is 23.0 Å². The van der Waals surface area contributed by atoms with Crippen molar-refractivity contribution in [2.75, 3.05) is 26.4 Å². The van der Waals surface area contributed by atoms with Gasteiger partial charge in [-0.3, -0.25) is 0 Å². The molecule has 8 nitrogen and oxygen atoms in total. The third kappa shape index (κ3) is 5.91. The average molecular weight is 612 g/mol. The van der Waals surface area contributed by atoms with Gasteiger partial charge in [-0.1, -0.05) is 36.4 Å². The molecule has 0 aromatic heterocycles. The molecule has 0 radical (unpaired) electrons. The molecule has 6 heterocycles. The predicted molar refractivity (Wildman–Crippen MR) is 172 cm³/mol. The molecular weight excluding hydrogens is 570 g/mol. The van der Waals surface area contributed by atoms with Gasteiger partial charge >= 0.3 is 14.2 Å². The van der Waals surface area contributed by atoms with Crippen molar-refractivity contribution in [2.45, 2.75) is 82.2 Å². The highest BCUT2D eigenvalue weighted by molar-refractivity contribution is 6.64. The number of ether oxygens (including phenoxy) is 4. The van der Waals surface area contributed by atoms with Crippen molar-refractivity contribution in [3.05, 3.63) is 60.7 Å². The molecule has 10 bridgehead atoms. The number of allylic oxidation sites excluding steroid dienone is 4. The molecule has 2 aromatic carbocycles. The fraction of sp³-hybridized carbons (Fsp3) is 0.543. The molecule has 2 aliphatic carbocycles. The fourth-order valence-electron chi connectivity index (χ4n) is 7.84. The highest BCUT2D eigenvalue weighted by atomic mass is 16.7. The number of rotatable bonds is 0. The third-order valence-electron chi connectivity index (χ3n) is 9.95. The zero-order valence-electron chi connectivity index (χ0n) is 25.9. The van der Waals surface area contributed by atoms with E-state index in [4.69, 9.17) is 37.6 Å². The van der Waals surface area contributed by atoms with Crippen molar-refractivity contribution in [1.82, 2.24) is 0 Å². The topological polar surface area (TPSA) is 73.8 Å². The fourth-order valence-corrected chi connectivity index (χ4v) is 7.84. The van der Waals surface area contributed by atoms with Crippen LogP contribution in [0.3, 0.4) is 0 Å². The van der Waals surface area contributed by atoms with Gasteiger partial charge < -0.3 is 37.6 Å². The molecule has 2 saturated carbocycles. The van der Waals surface area contributed by atoms with Gasteiger partial charge in [0.25, 0.3) is 0 Å². The second kappa shape index (κ2) is 13.4. The lowest BCUT2D eigenvalue weighted by Crippen LogP contribution is -2.44. The van der Waals surface area contributed by atoms with Crippen LogP contribution in [-0.4, -0.2) is 65.1 Å². The van der Waals surface area contributed by atoms with Crippen molar-refractivity contribution < 1.29 is 37.6 Å². The Bertz CT molecular complexity index is 1210. The van der Waals surface area contributed by atoms with E-state index in [1.807, 2.05) is 36.4 Å². The summed E-state index contributed by atoms with van der Waals surface area (Å²) in [7, 11) is -1.13. The monoisotopic (exact) mass is 612 g/mol. The summed E-state index contributed by atoms with van der Waals surface area (Å²) in [6.45, 7) is 2.42. The summed E-state index contributed by atoms with van der Waals surface area (Å²) >= 11 is 0. The van der Waals surface area contributed by atoms with Crippen molar-refractivity contribution >= 4 is 25.2 Å². The number of hydrogen-bond donors (Lipinski definition) is 0. The Labute approximate surface area is 266 Å². The Hall–Kier alpha value is -2.91. The molecule has 2 saturated heterocycles. The molecule has 236 valence electrons. The summed E-state index contributed by atoms with van der Waals surface area (Å²) in [6, 6.07) is 12.0. The molecule has 4 fully saturated rings. The van der Waals surface area contributed by atoms with Gasteiger partial charge in [-0.2, -0.15) is 0 Å². The van der Waals surface area contributed by atoms with Crippen molar-refractivity contribution in [3.63, 3.8) is 0 Å². The molecule has 2 unspecified atom stereocenters. The lowest BCUT2D eigenvalue weighted by atomic mass is 9.77. The minimum atomic E-state index is -0.566. The molecule has 0 N–H and O–H groups in total. The van der Waals surface area contributed by atoms with E-state index in [0.717, 1.165) is 91.7 Å². The summed E-state index contributed by atoms with van der Waals surface area (Å²) < 4.78 is 52.6. The van der Waals surface area contributed by atoms with E-state index in [0.29, 0.717) is 26.4 Å². The van der Waals surface area contributed by atoms with Crippen LogP contribution in [-0.2, 0) is 18.6 Å². The lowest BCUT2D eigenvalue weighted by Gasteiger charge is -2.31. The van der Waals surface area contributed by atoms with Gasteiger partial charge in [-0.15, -0.1) is 0 Å². The third-order valence-corrected chi connectivity index (χ3v) is 9.95. The summed E-state index contributed by atoms with van der Waals surface area (Å²) in [4.78, 5) is 0. The largest absolute Gasteiger partial charge is 0.502 e. The van der Waals surface area contributed by atoms with Gasteiger partial charge in [0.05, 0.1) is 61.8 Å². The first-order valence-electron chi connectivity index (χ1n) is 17.0. The van der Waals surface area contributed by atoms with Gasteiger partial charge in [0, 0.05) is 11.8 Å². The Morgan fingerprint density at radius 3 is 1.07 bits per heavy atom. The Balaban J connectivity index is 1.16. The maximum Gasteiger partial charge on any atom is 0.502 e. The van der Waals surface area contributed by atoms with Crippen LogP contribution in [0.4, 0.5) is 0 Å². The van der Waals surface area contributed by atoms with Crippen LogP contribution < -0.4 is 29.9 Å². The second-order valence-electron chi connectivity index (χ2n) is 12.9. The molecule has 45 heavy (non-hydrogen) atoms. The molecule has 8 aliphatic rings. The van der Waals surface area contributed by atoms with Crippen LogP contribution in [0.2, 0.25) is 0 Å². The average Bonchev–Trinajstić information content (AvgIpc) is 3.82. The molecule has 10 rings (SSSR count). The summed E-state index contributed by atoms with van der Waals surface area (Å²) in [5.74, 6) is 3.43. The number of benzene rings is 2. The summed E-state index contributed by atoms with van der Waals surface area (Å²) in [5, 5.41) is 0. The standard InChI is InChI=1S/C35H42B2O8/c1-2-6-10-20-39-27-16-14-18-29-31(27)37-44-34-24-23-25(35(34)45-37)33-32(24)42-36(43-33)30-26(38-19-9-5-1)15-13-17-28(30)40-21-11-7-3-4-8-12-22-41-29/h1-4,13-18,24-25,32-35H,5-12,19-23H2/b2-1-,4-3-/t24?,25?,32-,33+,34+,35-. The first-order chi connectivity index (χ1) is 22.3. The first kappa shape index (κ1) is 29.5. The number of hydrogen-bond acceptors (Lipinski definition) is 8. The molecule has 6 atom stereocenters. The van der Waals surface area contributed by atoms with E-state index < -0.39 is 14.2 Å². The number of fused-ring (bicyclic) bond motifs is 16. The Morgan fingerprint density at radius 1 is 0.444 bits per heavy atom. The highest BCUT2D eigenvalue weighted by Gasteiger charge is 2.68. The van der Waals surface area contributed by atoms with Gasteiger partial charge in [-0.05, 0) is 82.1 Å². The van der Waals surface area contributed by atoms with E-state index in [2.05, 4.69) is 24.3 Å². The van der Waals surface area contributed by atoms with Crippen LogP contribution >= 0.6 is 0 Å². The minimum Gasteiger partial charge on any atom is -0.494 e. The molecular formula is C35H42B2O8. The van der Waals surface area contributed by atoms with Gasteiger partial charge in [0.1, 0.15) is 23.0 Å². The predicted octanol–water partition coefficient (Wildman–Crippen LogP) is 4.77. The lowest BCUT2D eigenvalue weighted by molar-refractivity contribution is -0.00476. The maximum absolute atomic E-state index is 6.78. The first-order valence-corrected chi connectivity index (χ1v) is 17.0. The van der Waals surface area contributed by atoms with E-state index in [9.17, 15) is 0 Å². The molecule has 10 heteroatoms. The zero-order chi connectivity index (χ0) is 30.0. The van der Waals surface area contributed by atoms with E-state index in [-0.39, 0.29) is 36.3 Å². The normalized spacial score (nSPS) is 32.8. The minimum absolute atomic E-state index is 0.0785. The van der Waals surface area contributed by atoms with Gasteiger partial charge in [0.2, 0.25) is 0 Å². The molecule has 6 aliphatic heterocycles. The SMILES string of the molecule is C1=C\CCCOc2cccc3c2B2O[C@@H]4C5CC([C@H]6OB(O[C@@H]56)c5c(cccc5OCCC/C=C\CCCO3)OCCC/1)[C@@H]4O2. The van der Waals surface area contributed by atoms with Gasteiger partial charge in [-0.25, -0.2) is 0 Å². The van der Waals surface area contributed by atoms with Crippen LogP contribution in [0.1, 0.15) is 57.8 Å². The Kier molecular flexibility index (Phi) is 8.81.